The van der Waals surface area contributed by atoms with Crippen LogP contribution in [0.3, 0.4) is 0 Å². The molecule has 0 bridgehead atoms. The Bertz CT molecular complexity index is 296. The molecule has 0 saturated carbocycles. The molecule has 0 saturated heterocycles. The predicted octanol–water partition coefficient (Wildman–Crippen LogP) is 3.28. The summed E-state index contributed by atoms with van der Waals surface area (Å²) in [6, 6.07) is 2.02. The standard InChI is InChI=1S/C9H9BrClNS/c1-2-3-4-12-6-7-5-8(10)9(11)13-7/h1,5,12H,3-4,6H2. The van der Waals surface area contributed by atoms with Gasteiger partial charge in [0, 0.05) is 28.9 Å². The molecule has 0 radical (unpaired) electrons. The van der Waals surface area contributed by atoms with Crippen molar-refractivity contribution in [3.63, 3.8) is 0 Å². The molecular formula is C9H9BrClNS. The van der Waals surface area contributed by atoms with Gasteiger partial charge in [-0.3, -0.25) is 0 Å². The monoisotopic (exact) mass is 277 g/mol. The lowest BCUT2D eigenvalue weighted by molar-refractivity contribution is 0.709. The van der Waals surface area contributed by atoms with Crippen LogP contribution >= 0.6 is 38.9 Å². The molecule has 0 amide bonds. The Kier molecular flexibility index (Phi) is 4.82. The van der Waals surface area contributed by atoms with Gasteiger partial charge >= 0.3 is 0 Å². The highest BCUT2D eigenvalue weighted by Gasteiger charge is 2.02. The first-order valence-corrected chi connectivity index (χ1v) is 5.80. The first-order chi connectivity index (χ1) is 6.24. The van der Waals surface area contributed by atoms with Crippen LogP contribution < -0.4 is 5.32 Å². The molecule has 13 heavy (non-hydrogen) atoms. The fourth-order valence-electron chi connectivity index (χ4n) is 0.851. The quantitative estimate of drug-likeness (QED) is 0.658. The molecule has 0 unspecified atom stereocenters. The Morgan fingerprint density at radius 1 is 1.69 bits per heavy atom. The van der Waals surface area contributed by atoms with E-state index in [9.17, 15) is 0 Å². The van der Waals surface area contributed by atoms with Crippen molar-refractivity contribution in [2.24, 2.45) is 0 Å². The van der Waals surface area contributed by atoms with Crippen molar-refractivity contribution in [3.8, 4) is 12.3 Å². The van der Waals surface area contributed by atoms with Crippen molar-refractivity contribution >= 4 is 38.9 Å². The first-order valence-electron chi connectivity index (χ1n) is 3.82. The molecule has 70 valence electrons. The lowest BCUT2D eigenvalue weighted by Crippen LogP contribution is -2.12. The van der Waals surface area contributed by atoms with Crippen LogP contribution in [0.5, 0.6) is 0 Å². The molecule has 0 atom stereocenters. The molecule has 1 N–H and O–H groups in total. The van der Waals surface area contributed by atoms with E-state index in [-0.39, 0.29) is 0 Å². The van der Waals surface area contributed by atoms with Gasteiger partial charge in [0.2, 0.25) is 0 Å². The summed E-state index contributed by atoms with van der Waals surface area (Å²) in [5.74, 6) is 2.58. The van der Waals surface area contributed by atoms with E-state index in [1.807, 2.05) is 6.07 Å². The van der Waals surface area contributed by atoms with E-state index in [4.69, 9.17) is 18.0 Å². The maximum atomic E-state index is 5.88. The van der Waals surface area contributed by atoms with Gasteiger partial charge in [-0.05, 0) is 22.0 Å². The highest BCUT2D eigenvalue weighted by molar-refractivity contribution is 9.10. The van der Waals surface area contributed by atoms with E-state index in [2.05, 4.69) is 27.2 Å². The van der Waals surface area contributed by atoms with Crippen molar-refractivity contribution < 1.29 is 0 Å². The van der Waals surface area contributed by atoms with Gasteiger partial charge in [0.15, 0.2) is 0 Å². The van der Waals surface area contributed by atoms with E-state index in [0.717, 1.165) is 28.3 Å². The Morgan fingerprint density at radius 2 is 2.46 bits per heavy atom. The van der Waals surface area contributed by atoms with Crippen molar-refractivity contribution in [1.29, 1.82) is 0 Å². The van der Waals surface area contributed by atoms with E-state index >= 15 is 0 Å². The number of rotatable bonds is 4. The van der Waals surface area contributed by atoms with Crippen LogP contribution in [0.25, 0.3) is 0 Å². The van der Waals surface area contributed by atoms with Gasteiger partial charge < -0.3 is 5.32 Å². The fraction of sp³-hybridized carbons (Fsp3) is 0.333. The van der Waals surface area contributed by atoms with E-state index in [1.165, 1.54) is 4.88 Å². The first kappa shape index (κ1) is 11.1. The zero-order valence-corrected chi connectivity index (χ0v) is 10.1. The number of hydrogen-bond donors (Lipinski definition) is 1. The minimum absolute atomic E-state index is 0.764. The van der Waals surface area contributed by atoms with Crippen LogP contribution in [0.4, 0.5) is 0 Å². The van der Waals surface area contributed by atoms with Crippen molar-refractivity contribution in [2.45, 2.75) is 13.0 Å². The van der Waals surface area contributed by atoms with Gasteiger partial charge in [0.25, 0.3) is 0 Å². The molecular weight excluding hydrogens is 270 g/mol. The number of nitrogens with one attached hydrogen (secondary N) is 1. The molecule has 0 aromatic carbocycles. The molecule has 1 rings (SSSR count). The van der Waals surface area contributed by atoms with Gasteiger partial charge in [0.1, 0.15) is 4.34 Å². The summed E-state index contributed by atoms with van der Waals surface area (Å²) in [4.78, 5) is 1.22. The molecule has 0 spiro atoms. The summed E-state index contributed by atoms with van der Waals surface area (Å²) in [6.07, 6.45) is 5.88. The van der Waals surface area contributed by atoms with Crippen LogP contribution in [0.15, 0.2) is 10.5 Å². The Hall–Kier alpha value is -0.0100. The maximum Gasteiger partial charge on any atom is 0.107 e. The molecule has 4 heteroatoms. The minimum atomic E-state index is 0.764. The van der Waals surface area contributed by atoms with Crippen molar-refractivity contribution in [2.75, 3.05) is 6.54 Å². The smallest absolute Gasteiger partial charge is 0.107 e. The van der Waals surface area contributed by atoms with Crippen molar-refractivity contribution in [1.82, 2.24) is 5.32 Å². The fourth-order valence-corrected chi connectivity index (χ4v) is 2.61. The molecule has 0 aliphatic heterocycles. The summed E-state index contributed by atoms with van der Waals surface area (Å²) < 4.78 is 1.77. The zero-order valence-electron chi connectivity index (χ0n) is 6.94. The van der Waals surface area contributed by atoms with Crippen LogP contribution in [-0.2, 0) is 6.54 Å². The average molecular weight is 279 g/mol. The maximum absolute atomic E-state index is 5.88. The van der Waals surface area contributed by atoms with Gasteiger partial charge in [-0.1, -0.05) is 11.6 Å². The highest BCUT2D eigenvalue weighted by atomic mass is 79.9. The molecule has 0 aliphatic carbocycles. The minimum Gasteiger partial charge on any atom is -0.311 e. The van der Waals surface area contributed by atoms with Crippen LogP contribution in [0.1, 0.15) is 11.3 Å². The summed E-state index contributed by atoms with van der Waals surface area (Å²) in [7, 11) is 0. The SMILES string of the molecule is C#CCCNCc1cc(Br)c(Cl)s1. The van der Waals surface area contributed by atoms with E-state index < -0.39 is 0 Å². The lowest BCUT2D eigenvalue weighted by Gasteiger charge is -1.97. The Labute approximate surface area is 95.6 Å². The summed E-state index contributed by atoms with van der Waals surface area (Å²) in [5.41, 5.74) is 0. The summed E-state index contributed by atoms with van der Waals surface area (Å²) in [6.45, 7) is 1.68. The molecule has 1 nitrogen and oxygen atoms in total. The third-order valence-electron chi connectivity index (χ3n) is 1.44. The molecule has 0 fully saturated rings. The zero-order chi connectivity index (χ0) is 9.68. The van der Waals surface area contributed by atoms with E-state index in [1.54, 1.807) is 11.3 Å². The van der Waals surface area contributed by atoms with Gasteiger partial charge in [-0.2, -0.15) is 0 Å². The highest BCUT2D eigenvalue weighted by Crippen LogP contribution is 2.31. The second kappa shape index (κ2) is 5.66. The number of terminal acetylenes is 1. The number of thiophene rings is 1. The predicted molar refractivity (Wildman–Crippen MR) is 62.2 cm³/mol. The van der Waals surface area contributed by atoms with Crippen molar-refractivity contribution in [3.05, 3.63) is 19.8 Å². The van der Waals surface area contributed by atoms with Gasteiger partial charge in [0.05, 0.1) is 0 Å². The largest absolute Gasteiger partial charge is 0.311 e. The van der Waals surface area contributed by atoms with Crippen LogP contribution in [0.2, 0.25) is 4.34 Å². The molecule has 1 aromatic rings. The Balaban J connectivity index is 2.34. The number of hydrogen-bond acceptors (Lipinski definition) is 2. The third-order valence-corrected chi connectivity index (χ3v) is 3.92. The normalized spacial score (nSPS) is 9.92. The molecule has 1 aromatic heterocycles. The van der Waals surface area contributed by atoms with Gasteiger partial charge in [-0.15, -0.1) is 23.7 Å². The Morgan fingerprint density at radius 3 is 3.00 bits per heavy atom. The third kappa shape index (κ3) is 3.70. The number of halogens is 2. The second-order valence-corrected chi connectivity index (χ2v) is 5.06. The second-order valence-electron chi connectivity index (χ2n) is 2.47. The van der Waals surface area contributed by atoms with Gasteiger partial charge in [-0.25, -0.2) is 0 Å². The molecule has 1 heterocycles. The lowest BCUT2D eigenvalue weighted by atomic mass is 10.4. The van der Waals surface area contributed by atoms with Crippen LogP contribution in [0, 0.1) is 12.3 Å². The topological polar surface area (TPSA) is 12.0 Å². The summed E-state index contributed by atoms with van der Waals surface area (Å²) in [5, 5.41) is 3.23. The van der Waals surface area contributed by atoms with E-state index in [0.29, 0.717) is 0 Å². The average Bonchev–Trinajstić information content (AvgIpc) is 2.41. The molecule has 0 aliphatic rings. The van der Waals surface area contributed by atoms with Crippen LogP contribution in [-0.4, -0.2) is 6.54 Å². The summed E-state index contributed by atoms with van der Waals surface area (Å²) >= 11 is 10.8.